The van der Waals surface area contributed by atoms with Gasteiger partial charge in [0, 0.05) is 22.7 Å². The average Bonchev–Trinajstić information content (AvgIpc) is 2.94. The normalized spacial score (nSPS) is 13.4. The van der Waals surface area contributed by atoms with Gasteiger partial charge in [-0.25, -0.2) is 13.2 Å². The van der Waals surface area contributed by atoms with Gasteiger partial charge in [0.15, 0.2) is 23.2 Å². The maximum atomic E-state index is 14.1. The number of nitrogens with zero attached hydrogens (tertiary/aromatic N) is 1. The van der Waals surface area contributed by atoms with Crippen molar-refractivity contribution in [3.05, 3.63) is 64.6 Å². The highest BCUT2D eigenvalue weighted by molar-refractivity contribution is 6.05. The monoisotopic (exact) mass is 405 g/mol. The summed E-state index contributed by atoms with van der Waals surface area (Å²) >= 11 is 0. The standard InChI is InChI=1S/C21H18F3NO4/c1-4-21(3,20(28)29)18-10(2)25(16-9-15(24)17(26)8-12(16)18)19(27)11-5-6-13(22)14(23)7-11/h5-9,26H,4H2,1-3H3,(H,28,29)/t21-/m1/s1. The van der Waals surface area contributed by atoms with Crippen LogP contribution in [0.3, 0.4) is 0 Å². The molecule has 1 atom stereocenters. The highest BCUT2D eigenvalue weighted by Gasteiger charge is 2.39. The molecule has 0 aliphatic heterocycles. The van der Waals surface area contributed by atoms with Gasteiger partial charge in [0.2, 0.25) is 0 Å². The van der Waals surface area contributed by atoms with Crippen molar-refractivity contribution >= 4 is 22.8 Å². The van der Waals surface area contributed by atoms with E-state index in [-0.39, 0.29) is 34.1 Å². The van der Waals surface area contributed by atoms with Crippen molar-refractivity contribution in [1.82, 2.24) is 4.57 Å². The molecule has 0 fully saturated rings. The first-order valence-corrected chi connectivity index (χ1v) is 8.80. The lowest BCUT2D eigenvalue weighted by molar-refractivity contribution is -0.143. The number of carboxylic acid groups (broad SMARTS) is 1. The Labute approximate surface area is 164 Å². The minimum absolute atomic E-state index is 0.0171. The van der Waals surface area contributed by atoms with Crippen molar-refractivity contribution in [2.45, 2.75) is 32.6 Å². The fourth-order valence-corrected chi connectivity index (χ4v) is 3.58. The molecule has 8 heteroatoms. The number of fused-ring (bicyclic) bond motifs is 1. The number of phenols is 1. The number of aromatic hydroxyl groups is 1. The predicted octanol–water partition coefficient (Wildman–Crippen LogP) is 4.51. The molecule has 2 aromatic carbocycles. The first-order valence-electron chi connectivity index (χ1n) is 8.80. The van der Waals surface area contributed by atoms with E-state index in [0.29, 0.717) is 0 Å². The summed E-state index contributed by atoms with van der Waals surface area (Å²) in [6.07, 6.45) is 0.153. The Morgan fingerprint density at radius 2 is 1.72 bits per heavy atom. The molecule has 29 heavy (non-hydrogen) atoms. The lowest BCUT2D eigenvalue weighted by Crippen LogP contribution is -2.32. The first kappa shape index (κ1) is 20.4. The minimum Gasteiger partial charge on any atom is -0.505 e. The molecule has 0 amide bonds. The number of halogens is 3. The smallest absolute Gasteiger partial charge is 0.313 e. The molecule has 0 saturated carbocycles. The number of carboxylic acids is 1. The van der Waals surface area contributed by atoms with Gasteiger partial charge in [-0.05, 0) is 50.1 Å². The van der Waals surface area contributed by atoms with E-state index in [4.69, 9.17) is 0 Å². The van der Waals surface area contributed by atoms with Crippen molar-refractivity contribution in [2.24, 2.45) is 0 Å². The zero-order valence-corrected chi connectivity index (χ0v) is 15.9. The van der Waals surface area contributed by atoms with Gasteiger partial charge in [-0.2, -0.15) is 0 Å². The van der Waals surface area contributed by atoms with Crippen molar-refractivity contribution in [3.63, 3.8) is 0 Å². The van der Waals surface area contributed by atoms with Crippen LogP contribution in [0.25, 0.3) is 10.9 Å². The highest BCUT2D eigenvalue weighted by Crippen LogP contribution is 2.40. The summed E-state index contributed by atoms with van der Waals surface area (Å²) < 4.78 is 42.0. The zero-order valence-electron chi connectivity index (χ0n) is 15.9. The largest absolute Gasteiger partial charge is 0.505 e. The Morgan fingerprint density at radius 3 is 2.28 bits per heavy atom. The molecule has 0 aliphatic rings. The van der Waals surface area contributed by atoms with Crippen molar-refractivity contribution in [1.29, 1.82) is 0 Å². The van der Waals surface area contributed by atoms with Gasteiger partial charge >= 0.3 is 5.97 Å². The van der Waals surface area contributed by atoms with Crippen molar-refractivity contribution in [2.75, 3.05) is 0 Å². The Balaban J connectivity index is 2.40. The quantitative estimate of drug-likeness (QED) is 0.669. The summed E-state index contributed by atoms with van der Waals surface area (Å²) in [4.78, 5) is 25.1. The van der Waals surface area contributed by atoms with E-state index in [1.165, 1.54) is 13.8 Å². The van der Waals surface area contributed by atoms with Gasteiger partial charge in [0.1, 0.15) is 0 Å². The lowest BCUT2D eigenvalue weighted by atomic mass is 9.78. The molecule has 0 radical (unpaired) electrons. The number of aromatic nitrogens is 1. The van der Waals surface area contributed by atoms with Crippen LogP contribution in [0.5, 0.6) is 5.75 Å². The van der Waals surface area contributed by atoms with Gasteiger partial charge in [-0.3, -0.25) is 14.2 Å². The molecule has 3 aromatic rings. The maximum Gasteiger partial charge on any atom is 0.313 e. The van der Waals surface area contributed by atoms with Crippen molar-refractivity contribution < 1.29 is 33.0 Å². The number of rotatable bonds is 4. The summed E-state index contributed by atoms with van der Waals surface area (Å²) in [5.74, 6) is -6.00. The number of hydrogen-bond acceptors (Lipinski definition) is 3. The van der Waals surface area contributed by atoms with Crippen LogP contribution in [-0.4, -0.2) is 26.7 Å². The summed E-state index contributed by atoms with van der Waals surface area (Å²) in [6.45, 7) is 4.60. The minimum atomic E-state index is -1.44. The second kappa shape index (κ2) is 6.95. The third kappa shape index (κ3) is 3.04. The van der Waals surface area contributed by atoms with Crippen LogP contribution in [0.1, 0.15) is 41.9 Å². The van der Waals surface area contributed by atoms with E-state index in [9.17, 15) is 33.0 Å². The SMILES string of the molecule is CC[C@@](C)(C(=O)O)c1c(C)n(C(=O)c2ccc(F)c(F)c2)c2cc(F)c(O)cc12. The number of benzene rings is 2. The number of carbonyl (C=O) groups is 2. The molecule has 5 nitrogen and oxygen atoms in total. The molecule has 0 saturated heterocycles. The third-order valence-electron chi connectivity index (χ3n) is 5.37. The Bertz CT molecular complexity index is 1170. The number of aliphatic carboxylic acids is 1. The maximum absolute atomic E-state index is 14.1. The average molecular weight is 405 g/mol. The molecule has 0 bridgehead atoms. The second-order valence-corrected chi connectivity index (χ2v) is 7.04. The third-order valence-corrected chi connectivity index (χ3v) is 5.37. The van der Waals surface area contributed by atoms with E-state index >= 15 is 0 Å². The fourth-order valence-electron chi connectivity index (χ4n) is 3.58. The molecule has 2 N–H and O–H groups in total. The second-order valence-electron chi connectivity index (χ2n) is 7.04. The van der Waals surface area contributed by atoms with Gasteiger partial charge in [-0.15, -0.1) is 0 Å². The molecule has 152 valence electrons. The first-order chi connectivity index (χ1) is 13.5. The molecule has 0 unspecified atom stereocenters. The summed E-state index contributed by atoms with van der Waals surface area (Å²) in [6, 6.07) is 4.58. The lowest BCUT2D eigenvalue weighted by Gasteiger charge is -2.24. The van der Waals surface area contributed by atoms with Crippen molar-refractivity contribution in [3.8, 4) is 5.75 Å². The topological polar surface area (TPSA) is 79.5 Å². The van der Waals surface area contributed by atoms with Gasteiger partial charge in [-0.1, -0.05) is 6.92 Å². The molecular weight excluding hydrogens is 387 g/mol. The van der Waals surface area contributed by atoms with Crippen LogP contribution in [0, 0.1) is 24.4 Å². The molecule has 1 aromatic heterocycles. The molecule has 0 spiro atoms. The Morgan fingerprint density at radius 1 is 1.07 bits per heavy atom. The predicted molar refractivity (Wildman–Crippen MR) is 99.7 cm³/mol. The van der Waals surface area contributed by atoms with E-state index in [1.54, 1.807) is 6.92 Å². The highest BCUT2D eigenvalue weighted by atomic mass is 19.2. The fraction of sp³-hybridized carbons (Fsp3) is 0.238. The summed E-state index contributed by atoms with van der Waals surface area (Å²) in [7, 11) is 0. The molecule has 1 heterocycles. The van der Waals surface area contributed by atoms with Gasteiger partial charge in [0.25, 0.3) is 5.91 Å². The number of hydrogen-bond donors (Lipinski definition) is 2. The zero-order chi connectivity index (χ0) is 21.7. The van der Waals surface area contributed by atoms with E-state index < -0.39 is 40.5 Å². The van der Waals surface area contributed by atoms with Crippen LogP contribution in [-0.2, 0) is 10.2 Å². The van der Waals surface area contributed by atoms with E-state index in [0.717, 1.165) is 34.9 Å². The molecule has 3 rings (SSSR count). The van der Waals surface area contributed by atoms with Crippen LogP contribution >= 0.6 is 0 Å². The Kier molecular flexibility index (Phi) is 4.90. The number of phenolic OH excluding ortho intramolecular Hbond substituents is 1. The van der Waals surface area contributed by atoms with E-state index in [2.05, 4.69) is 0 Å². The van der Waals surface area contributed by atoms with Crippen LogP contribution < -0.4 is 0 Å². The van der Waals surface area contributed by atoms with Gasteiger partial charge in [0.05, 0.1) is 10.9 Å². The summed E-state index contributed by atoms with van der Waals surface area (Å²) in [5.41, 5.74) is -1.19. The summed E-state index contributed by atoms with van der Waals surface area (Å²) in [5, 5.41) is 19.8. The molecular formula is C21H18F3NO4. The van der Waals surface area contributed by atoms with Crippen LogP contribution in [0.15, 0.2) is 30.3 Å². The van der Waals surface area contributed by atoms with Crippen LogP contribution in [0.2, 0.25) is 0 Å². The number of carbonyl (C=O) groups excluding carboxylic acids is 1. The van der Waals surface area contributed by atoms with E-state index in [1.807, 2.05) is 0 Å². The van der Waals surface area contributed by atoms with Gasteiger partial charge < -0.3 is 10.2 Å². The van der Waals surface area contributed by atoms with Crippen LogP contribution in [0.4, 0.5) is 13.2 Å². The molecule has 0 aliphatic carbocycles. The Hall–Kier alpha value is -3.29.